The fraction of sp³-hybridized carbons (Fsp3) is 0.333. The zero-order valence-corrected chi connectivity index (χ0v) is 18.3. The second kappa shape index (κ2) is 8.60. The van der Waals surface area contributed by atoms with Gasteiger partial charge in [-0.25, -0.2) is 9.78 Å². The van der Waals surface area contributed by atoms with Crippen LogP contribution < -0.4 is 5.32 Å². The maximum Gasteiger partial charge on any atom is 0.338 e. The lowest BCUT2D eigenvalue weighted by atomic mass is 9.90. The molecule has 0 fully saturated rings. The van der Waals surface area contributed by atoms with Crippen LogP contribution in [0.1, 0.15) is 43.9 Å². The van der Waals surface area contributed by atoms with Gasteiger partial charge in [-0.05, 0) is 57.0 Å². The van der Waals surface area contributed by atoms with Crippen molar-refractivity contribution < 1.29 is 14.3 Å². The second-order valence-corrected chi connectivity index (χ2v) is 8.04. The molecule has 1 amide bonds. The van der Waals surface area contributed by atoms with E-state index >= 15 is 0 Å². The largest absolute Gasteiger partial charge is 0.449 e. The highest BCUT2D eigenvalue weighted by molar-refractivity contribution is 5.95. The molecule has 2 atom stereocenters. The number of ether oxygens (including phenoxy) is 1. The molecule has 0 bridgehead atoms. The fourth-order valence-corrected chi connectivity index (χ4v) is 3.17. The van der Waals surface area contributed by atoms with Gasteiger partial charge in [0.2, 0.25) is 0 Å². The lowest BCUT2D eigenvalue weighted by Gasteiger charge is -2.28. The average Bonchev–Trinajstić information content (AvgIpc) is 3.08. The Labute approximate surface area is 181 Å². The number of carbonyl (C=O) groups is 2. The number of carbonyl (C=O) groups excluding carboxylic acids is 2. The van der Waals surface area contributed by atoms with Crippen molar-refractivity contribution in [2.45, 2.75) is 46.3 Å². The predicted molar refractivity (Wildman–Crippen MR) is 118 cm³/mol. The quantitative estimate of drug-likeness (QED) is 0.612. The summed E-state index contributed by atoms with van der Waals surface area (Å²) in [6, 6.07) is 17.1. The number of esters is 1. The standard InChI is InChI=1S/C24H26N4O3/c1-15(2)24(5,14-25)27-22(29)16(3)31-23(30)18-11-12-21-20(13-18)26-17(4)28(21)19-9-7-6-8-10-19/h6-13,15-16H,1-5H3,(H,27,29). The van der Waals surface area contributed by atoms with Crippen LogP contribution in [-0.2, 0) is 9.53 Å². The first-order valence-electron chi connectivity index (χ1n) is 10.1. The summed E-state index contributed by atoms with van der Waals surface area (Å²) in [6.45, 7) is 8.71. The van der Waals surface area contributed by atoms with Crippen LogP contribution in [0.15, 0.2) is 48.5 Å². The van der Waals surface area contributed by atoms with E-state index in [-0.39, 0.29) is 5.92 Å². The number of fused-ring (bicyclic) bond motifs is 1. The number of nitrogens with zero attached hydrogens (tertiary/aromatic N) is 3. The van der Waals surface area contributed by atoms with Gasteiger partial charge in [0.05, 0.1) is 22.7 Å². The van der Waals surface area contributed by atoms with Gasteiger partial charge in [-0.3, -0.25) is 9.36 Å². The highest BCUT2D eigenvalue weighted by atomic mass is 16.5. The Morgan fingerprint density at radius 3 is 2.45 bits per heavy atom. The number of aromatic nitrogens is 2. The molecule has 0 aliphatic heterocycles. The maximum atomic E-state index is 12.6. The van der Waals surface area contributed by atoms with Crippen LogP contribution in [0.4, 0.5) is 0 Å². The number of hydrogen-bond acceptors (Lipinski definition) is 5. The van der Waals surface area contributed by atoms with Crippen molar-refractivity contribution in [2.75, 3.05) is 0 Å². The molecule has 0 aliphatic rings. The van der Waals surface area contributed by atoms with E-state index in [0.29, 0.717) is 11.1 Å². The van der Waals surface area contributed by atoms with Crippen molar-refractivity contribution >= 4 is 22.9 Å². The normalized spacial score (nSPS) is 14.0. The first kappa shape index (κ1) is 22.0. The summed E-state index contributed by atoms with van der Waals surface area (Å²) in [6.07, 6.45) is -1.04. The zero-order valence-electron chi connectivity index (χ0n) is 18.3. The molecule has 3 aromatic rings. The Hall–Kier alpha value is -3.66. The van der Waals surface area contributed by atoms with Gasteiger partial charge < -0.3 is 10.1 Å². The Bertz CT molecular complexity index is 1160. The molecule has 0 radical (unpaired) electrons. The summed E-state index contributed by atoms with van der Waals surface area (Å²) in [5.74, 6) is -0.449. The minimum atomic E-state index is -1.04. The van der Waals surface area contributed by atoms with Crippen LogP contribution >= 0.6 is 0 Å². The number of aryl methyl sites for hydroxylation is 1. The van der Waals surface area contributed by atoms with Crippen LogP contribution in [0.3, 0.4) is 0 Å². The summed E-state index contributed by atoms with van der Waals surface area (Å²) in [4.78, 5) is 29.6. The highest BCUT2D eigenvalue weighted by Gasteiger charge is 2.32. The van der Waals surface area contributed by atoms with E-state index in [0.717, 1.165) is 17.0 Å². The summed E-state index contributed by atoms with van der Waals surface area (Å²) in [5, 5.41) is 12.0. The molecule has 0 saturated carbocycles. The van der Waals surface area contributed by atoms with E-state index in [1.807, 2.05) is 61.7 Å². The molecule has 160 valence electrons. The molecule has 2 aromatic carbocycles. The molecule has 31 heavy (non-hydrogen) atoms. The smallest absolute Gasteiger partial charge is 0.338 e. The number of benzene rings is 2. The minimum absolute atomic E-state index is 0.102. The van der Waals surface area contributed by atoms with Gasteiger partial charge in [-0.15, -0.1) is 0 Å². The van der Waals surface area contributed by atoms with Crippen LogP contribution in [-0.4, -0.2) is 33.1 Å². The van der Waals surface area contributed by atoms with Crippen LogP contribution in [0.25, 0.3) is 16.7 Å². The van der Waals surface area contributed by atoms with Crippen molar-refractivity contribution in [2.24, 2.45) is 5.92 Å². The molecule has 1 aromatic heterocycles. The molecular weight excluding hydrogens is 392 g/mol. The first-order valence-corrected chi connectivity index (χ1v) is 10.1. The molecule has 0 saturated heterocycles. The number of hydrogen-bond donors (Lipinski definition) is 1. The molecular formula is C24H26N4O3. The first-order chi connectivity index (χ1) is 14.7. The van der Waals surface area contributed by atoms with E-state index in [4.69, 9.17) is 4.74 Å². The third kappa shape index (κ3) is 4.43. The minimum Gasteiger partial charge on any atom is -0.449 e. The Morgan fingerprint density at radius 1 is 1.16 bits per heavy atom. The summed E-state index contributed by atoms with van der Waals surface area (Å²) in [7, 11) is 0. The van der Waals surface area contributed by atoms with E-state index in [9.17, 15) is 14.9 Å². The Balaban J connectivity index is 1.79. The molecule has 1 heterocycles. The van der Waals surface area contributed by atoms with E-state index in [1.165, 1.54) is 6.92 Å². The maximum absolute atomic E-state index is 12.6. The molecule has 2 unspecified atom stereocenters. The van der Waals surface area contributed by atoms with Gasteiger partial charge in [-0.2, -0.15) is 5.26 Å². The second-order valence-electron chi connectivity index (χ2n) is 8.04. The van der Waals surface area contributed by atoms with Gasteiger partial charge in [0.15, 0.2) is 6.10 Å². The monoisotopic (exact) mass is 418 g/mol. The number of nitriles is 1. The van der Waals surface area contributed by atoms with Crippen LogP contribution in [0.5, 0.6) is 0 Å². The van der Waals surface area contributed by atoms with E-state index in [1.54, 1.807) is 19.1 Å². The summed E-state index contributed by atoms with van der Waals surface area (Å²) in [5.41, 5.74) is 1.77. The Kier molecular flexibility index (Phi) is 6.11. The van der Waals surface area contributed by atoms with Crippen molar-refractivity contribution in [3.05, 3.63) is 59.9 Å². The molecule has 3 rings (SSSR count). The summed E-state index contributed by atoms with van der Waals surface area (Å²) >= 11 is 0. The van der Waals surface area contributed by atoms with Crippen LogP contribution in [0, 0.1) is 24.2 Å². The number of rotatable bonds is 6. The molecule has 7 nitrogen and oxygen atoms in total. The lowest BCUT2D eigenvalue weighted by molar-refractivity contribution is -0.130. The molecule has 1 N–H and O–H groups in total. The number of amides is 1. The van der Waals surface area contributed by atoms with Gasteiger partial charge >= 0.3 is 5.97 Å². The molecule has 0 spiro atoms. The van der Waals surface area contributed by atoms with Crippen LogP contribution in [0.2, 0.25) is 0 Å². The highest BCUT2D eigenvalue weighted by Crippen LogP contribution is 2.23. The topological polar surface area (TPSA) is 97.0 Å². The third-order valence-corrected chi connectivity index (χ3v) is 5.50. The third-order valence-electron chi connectivity index (χ3n) is 5.50. The van der Waals surface area contributed by atoms with Gasteiger partial charge in [0.25, 0.3) is 5.91 Å². The number of para-hydroxylation sites is 1. The Morgan fingerprint density at radius 2 is 1.84 bits per heavy atom. The predicted octanol–water partition coefficient (Wildman–Crippen LogP) is 3.93. The molecule has 0 aliphatic carbocycles. The van der Waals surface area contributed by atoms with Gasteiger partial charge in [-0.1, -0.05) is 32.0 Å². The van der Waals surface area contributed by atoms with Crippen molar-refractivity contribution in [3.63, 3.8) is 0 Å². The van der Waals surface area contributed by atoms with E-state index in [2.05, 4.69) is 16.4 Å². The van der Waals surface area contributed by atoms with Crippen molar-refractivity contribution in [1.29, 1.82) is 5.26 Å². The van der Waals surface area contributed by atoms with Crippen molar-refractivity contribution in [3.8, 4) is 11.8 Å². The SMILES string of the molecule is Cc1nc2cc(C(=O)OC(C)C(=O)NC(C)(C#N)C(C)C)ccc2n1-c1ccccc1. The van der Waals surface area contributed by atoms with Crippen molar-refractivity contribution in [1.82, 2.24) is 14.9 Å². The fourth-order valence-electron chi connectivity index (χ4n) is 3.17. The molecule has 7 heteroatoms. The van der Waals surface area contributed by atoms with E-state index < -0.39 is 23.5 Å². The van der Waals surface area contributed by atoms with Gasteiger partial charge in [0, 0.05) is 5.69 Å². The number of imidazole rings is 1. The number of nitrogens with one attached hydrogen (secondary N) is 1. The average molecular weight is 418 g/mol. The zero-order chi connectivity index (χ0) is 22.8. The van der Waals surface area contributed by atoms with Gasteiger partial charge in [0.1, 0.15) is 11.4 Å². The lowest BCUT2D eigenvalue weighted by Crippen LogP contribution is -2.52. The summed E-state index contributed by atoms with van der Waals surface area (Å²) < 4.78 is 7.35.